The summed E-state index contributed by atoms with van der Waals surface area (Å²) < 4.78 is 4.58. The van der Waals surface area contributed by atoms with Gasteiger partial charge in [0.1, 0.15) is 12.1 Å². The number of carbonyl (C=O) groups is 1. The molecule has 2 amide bonds. The van der Waals surface area contributed by atoms with E-state index in [1.54, 1.807) is 18.3 Å². The minimum absolute atomic E-state index is 0.353. The minimum Gasteiger partial charge on any atom is -0.363 e. The van der Waals surface area contributed by atoms with Gasteiger partial charge in [-0.05, 0) is 18.6 Å². The number of carbonyl (C=O) groups excluding carboxylic acids is 1. The van der Waals surface area contributed by atoms with Crippen LogP contribution in [0, 0.1) is 6.92 Å². The minimum atomic E-state index is -0.407. The third-order valence-corrected chi connectivity index (χ3v) is 1.92. The quantitative estimate of drug-likeness (QED) is 0.808. The Morgan fingerprint density at radius 2 is 2.25 bits per heavy atom. The first-order valence-corrected chi connectivity index (χ1v) is 4.66. The van der Waals surface area contributed by atoms with Crippen molar-refractivity contribution in [2.75, 3.05) is 10.6 Å². The lowest BCUT2D eigenvalue weighted by Crippen LogP contribution is -2.20. The number of urea groups is 1. The summed E-state index contributed by atoms with van der Waals surface area (Å²) in [4.78, 5) is 15.5. The van der Waals surface area contributed by atoms with Crippen molar-refractivity contribution in [2.24, 2.45) is 0 Å². The van der Waals surface area contributed by atoms with Crippen LogP contribution >= 0.6 is 0 Å². The normalized spacial score (nSPS) is 9.81. The molecule has 0 unspecified atom stereocenters. The van der Waals surface area contributed by atoms with Crippen molar-refractivity contribution in [1.82, 2.24) is 10.1 Å². The monoisotopic (exact) mass is 218 g/mol. The number of nitrogens with one attached hydrogen (secondary N) is 2. The predicted molar refractivity (Wildman–Crippen MR) is 58.1 cm³/mol. The Labute approximate surface area is 91.7 Å². The second-order valence-electron chi connectivity index (χ2n) is 3.13. The van der Waals surface area contributed by atoms with Gasteiger partial charge in [-0.3, -0.25) is 10.6 Å². The van der Waals surface area contributed by atoms with Crippen LogP contribution in [0.1, 0.15) is 5.56 Å². The van der Waals surface area contributed by atoms with Gasteiger partial charge in [-0.15, -0.1) is 0 Å². The van der Waals surface area contributed by atoms with Gasteiger partial charge >= 0.3 is 6.03 Å². The molecule has 2 N–H and O–H groups in total. The van der Waals surface area contributed by atoms with E-state index in [0.29, 0.717) is 11.6 Å². The summed E-state index contributed by atoms with van der Waals surface area (Å²) in [5.74, 6) is 0.870. The summed E-state index contributed by atoms with van der Waals surface area (Å²) in [6.45, 7) is 1.86. The molecule has 16 heavy (non-hydrogen) atoms. The largest absolute Gasteiger partial charge is 0.363 e. The van der Waals surface area contributed by atoms with Crippen molar-refractivity contribution < 1.29 is 9.32 Å². The predicted octanol–water partition coefficient (Wildman–Crippen LogP) is 2.02. The summed E-state index contributed by atoms with van der Waals surface area (Å²) in [7, 11) is 0. The van der Waals surface area contributed by atoms with Gasteiger partial charge in [0.05, 0.1) is 0 Å². The Bertz CT molecular complexity index is 481. The number of rotatable bonds is 2. The summed E-state index contributed by atoms with van der Waals surface area (Å²) in [5, 5.41) is 8.66. The average Bonchev–Trinajstić information content (AvgIpc) is 2.74. The maximum atomic E-state index is 11.5. The molecule has 0 radical (unpaired) electrons. The second kappa shape index (κ2) is 4.43. The van der Waals surface area contributed by atoms with Crippen LogP contribution in [-0.2, 0) is 0 Å². The molecule has 6 heteroatoms. The number of aromatic nitrogens is 2. The molecule has 2 heterocycles. The zero-order chi connectivity index (χ0) is 11.4. The molecule has 0 spiro atoms. The van der Waals surface area contributed by atoms with E-state index < -0.39 is 6.03 Å². The molecule has 0 fully saturated rings. The van der Waals surface area contributed by atoms with Crippen molar-refractivity contribution in [2.45, 2.75) is 6.92 Å². The third kappa shape index (κ3) is 2.35. The first-order chi connectivity index (χ1) is 7.75. The molecule has 0 atom stereocenters. The Hall–Kier alpha value is -2.37. The summed E-state index contributed by atoms with van der Waals surface area (Å²) >= 11 is 0. The first-order valence-electron chi connectivity index (χ1n) is 4.66. The topological polar surface area (TPSA) is 80.0 Å². The van der Waals surface area contributed by atoms with Gasteiger partial charge < -0.3 is 4.52 Å². The number of hydrogen-bond acceptors (Lipinski definition) is 4. The van der Waals surface area contributed by atoms with Gasteiger partial charge in [0.25, 0.3) is 0 Å². The van der Waals surface area contributed by atoms with Gasteiger partial charge in [-0.2, -0.15) is 0 Å². The van der Waals surface area contributed by atoms with Crippen molar-refractivity contribution in [3.05, 3.63) is 36.2 Å². The molecule has 82 valence electrons. The average molecular weight is 218 g/mol. The van der Waals surface area contributed by atoms with E-state index in [9.17, 15) is 4.79 Å². The molecule has 0 aromatic carbocycles. The van der Waals surface area contributed by atoms with Gasteiger partial charge in [0.15, 0.2) is 5.82 Å². The van der Waals surface area contributed by atoms with Crippen LogP contribution in [0.4, 0.5) is 16.4 Å². The molecule has 6 nitrogen and oxygen atoms in total. The highest BCUT2D eigenvalue weighted by Crippen LogP contribution is 2.09. The number of nitrogens with zero attached hydrogens (tertiary/aromatic N) is 2. The van der Waals surface area contributed by atoms with E-state index in [1.165, 1.54) is 6.26 Å². The highest BCUT2D eigenvalue weighted by Gasteiger charge is 2.06. The molecule has 0 aliphatic carbocycles. The SMILES string of the molecule is Cc1cccnc1NC(=O)Nc1ccon1. The number of amides is 2. The molecule has 0 bridgehead atoms. The van der Waals surface area contributed by atoms with Gasteiger partial charge in [-0.25, -0.2) is 9.78 Å². The fourth-order valence-corrected chi connectivity index (χ4v) is 1.15. The zero-order valence-electron chi connectivity index (χ0n) is 8.60. The van der Waals surface area contributed by atoms with E-state index in [4.69, 9.17) is 0 Å². The molecule has 0 saturated carbocycles. The number of anilines is 2. The smallest absolute Gasteiger partial charge is 0.326 e. The Morgan fingerprint density at radius 3 is 2.94 bits per heavy atom. The van der Waals surface area contributed by atoms with E-state index in [1.807, 2.05) is 13.0 Å². The first kappa shape index (κ1) is 10.2. The van der Waals surface area contributed by atoms with Crippen molar-refractivity contribution in [1.29, 1.82) is 0 Å². The molecule has 0 aliphatic rings. The summed E-state index contributed by atoms with van der Waals surface area (Å²) in [6.07, 6.45) is 2.99. The van der Waals surface area contributed by atoms with Crippen LogP contribution in [0.5, 0.6) is 0 Å². The van der Waals surface area contributed by atoms with Gasteiger partial charge in [0, 0.05) is 12.3 Å². The Kier molecular flexibility index (Phi) is 2.81. The number of hydrogen-bond donors (Lipinski definition) is 2. The van der Waals surface area contributed by atoms with Crippen LogP contribution in [0.2, 0.25) is 0 Å². The highest BCUT2D eigenvalue weighted by atomic mass is 16.5. The maximum absolute atomic E-state index is 11.5. The van der Waals surface area contributed by atoms with Crippen LogP contribution < -0.4 is 10.6 Å². The number of pyridine rings is 1. The molecule has 0 aliphatic heterocycles. The number of aryl methyl sites for hydroxylation is 1. The van der Waals surface area contributed by atoms with Crippen molar-refractivity contribution >= 4 is 17.7 Å². The maximum Gasteiger partial charge on any atom is 0.326 e. The van der Waals surface area contributed by atoms with Gasteiger partial charge in [-0.1, -0.05) is 11.2 Å². The third-order valence-electron chi connectivity index (χ3n) is 1.92. The molecule has 0 saturated heterocycles. The van der Waals surface area contributed by atoms with Crippen molar-refractivity contribution in [3.8, 4) is 0 Å². The fraction of sp³-hybridized carbons (Fsp3) is 0.100. The van der Waals surface area contributed by atoms with Crippen molar-refractivity contribution in [3.63, 3.8) is 0 Å². The lowest BCUT2D eigenvalue weighted by Gasteiger charge is -2.06. The highest BCUT2D eigenvalue weighted by molar-refractivity contribution is 5.98. The molecular formula is C10H10N4O2. The van der Waals surface area contributed by atoms with E-state index in [0.717, 1.165) is 5.56 Å². The van der Waals surface area contributed by atoms with E-state index in [-0.39, 0.29) is 0 Å². The molecule has 2 aromatic rings. The molecule has 2 aromatic heterocycles. The van der Waals surface area contributed by atoms with Gasteiger partial charge in [0.2, 0.25) is 0 Å². The zero-order valence-corrected chi connectivity index (χ0v) is 8.60. The van der Waals surface area contributed by atoms with E-state index >= 15 is 0 Å². The molecular weight excluding hydrogens is 208 g/mol. The van der Waals surface area contributed by atoms with Crippen LogP contribution in [0.15, 0.2) is 35.2 Å². The molecule has 2 rings (SSSR count). The standard InChI is InChI=1S/C10H10N4O2/c1-7-3-2-5-11-9(7)13-10(15)12-8-4-6-16-14-8/h2-6H,1H3,(H2,11,12,13,14,15). The lowest BCUT2D eigenvalue weighted by molar-refractivity contribution is 0.262. The van der Waals surface area contributed by atoms with Crippen LogP contribution in [0.3, 0.4) is 0 Å². The second-order valence-corrected chi connectivity index (χ2v) is 3.13. The summed E-state index contributed by atoms with van der Waals surface area (Å²) in [6, 6.07) is 4.80. The fourth-order valence-electron chi connectivity index (χ4n) is 1.15. The van der Waals surface area contributed by atoms with Crippen LogP contribution in [-0.4, -0.2) is 16.2 Å². The van der Waals surface area contributed by atoms with E-state index in [2.05, 4.69) is 25.3 Å². The van der Waals surface area contributed by atoms with Crippen LogP contribution in [0.25, 0.3) is 0 Å². The summed E-state index contributed by atoms with van der Waals surface area (Å²) in [5.41, 5.74) is 0.887. The Balaban J connectivity index is 2.00. The Morgan fingerprint density at radius 1 is 1.38 bits per heavy atom. The lowest BCUT2D eigenvalue weighted by atomic mass is 10.3.